The highest BCUT2D eigenvalue weighted by Crippen LogP contribution is 2.47. The van der Waals surface area contributed by atoms with Crippen molar-refractivity contribution in [1.29, 1.82) is 0 Å². The summed E-state index contributed by atoms with van der Waals surface area (Å²) in [4.78, 5) is 9.54. The van der Waals surface area contributed by atoms with E-state index in [-0.39, 0.29) is 5.41 Å². The van der Waals surface area contributed by atoms with Crippen molar-refractivity contribution < 1.29 is 4.74 Å². The molecule has 0 atom stereocenters. The van der Waals surface area contributed by atoms with Crippen molar-refractivity contribution in [3.8, 4) is 23.0 Å². The molecule has 1 aliphatic carbocycles. The van der Waals surface area contributed by atoms with Crippen LogP contribution in [0.2, 0.25) is 0 Å². The van der Waals surface area contributed by atoms with Crippen molar-refractivity contribution >= 4 is 32.8 Å². The number of hydrogen-bond acceptors (Lipinski definition) is 3. The maximum atomic E-state index is 6.54. The van der Waals surface area contributed by atoms with E-state index < -0.39 is 0 Å². The van der Waals surface area contributed by atoms with Gasteiger partial charge in [-0.1, -0.05) is 79.6 Å². The molecule has 8 aromatic rings. The van der Waals surface area contributed by atoms with Gasteiger partial charge in [-0.15, -0.1) is 0 Å². The second kappa shape index (κ2) is 10.7. The first-order valence-corrected chi connectivity index (χ1v) is 16.0. The van der Waals surface area contributed by atoms with Crippen molar-refractivity contribution in [3.63, 3.8) is 0 Å². The Morgan fingerprint density at radius 2 is 1.33 bits per heavy atom. The Morgan fingerprint density at radius 1 is 0.565 bits per heavy atom. The minimum absolute atomic E-state index is 0.0115. The average Bonchev–Trinajstić information content (AvgIpc) is 3.86. The molecule has 0 spiro atoms. The first-order chi connectivity index (χ1) is 22.8. The molecule has 0 aliphatic heterocycles. The Bertz CT molecular complexity index is 2360. The van der Waals surface area contributed by atoms with Crippen molar-refractivity contribution in [3.05, 3.63) is 157 Å². The molecule has 3 heterocycles. The molecule has 0 bridgehead atoms. The monoisotopic (exact) mass is 596 g/mol. The second-order valence-electron chi connectivity index (χ2n) is 12.3. The summed E-state index contributed by atoms with van der Waals surface area (Å²) in [5, 5.41) is 2.37. The van der Waals surface area contributed by atoms with Crippen LogP contribution in [0.4, 0.5) is 0 Å². The molecular formula is C41H32N4O. The highest BCUT2D eigenvalue weighted by atomic mass is 16.5. The predicted octanol–water partition coefficient (Wildman–Crippen LogP) is 10.2. The van der Waals surface area contributed by atoms with Crippen LogP contribution < -0.4 is 4.74 Å². The van der Waals surface area contributed by atoms with Gasteiger partial charge in [-0.2, -0.15) is 0 Å². The SMILES string of the molecule is c1ccc(C2(c3ccnc(-n4c5ccccc5c5ccc(Oc6cccc(-n7cnc8ccccc87)c6)cc54)c3)CCCC2)cc1. The molecular weight excluding hydrogens is 564 g/mol. The lowest BCUT2D eigenvalue weighted by atomic mass is 9.73. The molecule has 1 saturated carbocycles. The predicted molar refractivity (Wildman–Crippen MR) is 185 cm³/mol. The van der Waals surface area contributed by atoms with E-state index in [0.717, 1.165) is 57.9 Å². The van der Waals surface area contributed by atoms with Crippen molar-refractivity contribution in [2.75, 3.05) is 0 Å². The Morgan fingerprint density at radius 3 is 2.22 bits per heavy atom. The molecule has 0 amide bonds. The lowest BCUT2D eigenvalue weighted by Gasteiger charge is -2.31. The summed E-state index contributed by atoms with van der Waals surface area (Å²) in [6.45, 7) is 0. The van der Waals surface area contributed by atoms with Gasteiger partial charge in [0.1, 0.15) is 23.6 Å². The van der Waals surface area contributed by atoms with Gasteiger partial charge in [0.05, 0.1) is 27.8 Å². The van der Waals surface area contributed by atoms with E-state index in [9.17, 15) is 0 Å². The maximum absolute atomic E-state index is 6.54. The molecule has 0 saturated heterocycles. The molecule has 5 heteroatoms. The Balaban J connectivity index is 1.14. The maximum Gasteiger partial charge on any atom is 0.137 e. The molecule has 1 aliphatic rings. The molecule has 5 nitrogen and oxygen atoms in total. The number of rotatable bonds is 6. The Kier molecular flexibility index (Phi) is 6.23. The highest BCUT2D eigenvalue weighted by Gasteiger charge is 2.37. The van der Waals surface area contributed by atoms with E-state index in [1.807, 2.05) is 42.9 Å². The normalized spacial score (nSPS) is 14.3. The number of pyridine rings is 1. The van der Waals surface area contributed by atoms with Gasteiger partial charge in [-0.3, -0.25) is 9.13 Å². The van der Waals surface area contributed by atoms with Gasteiger partial charge >= 0.3 is 0 Å². The summed E-state index contributed by atoms with van der Waals surface area (Å²) in [5.74, 6) is 2.47. The summed E-state index contributed by atoms with van der Waals surface area (Å²) in [5.41, 5.74) is 7.98. The Labute approximate surface area is 267 Å². The van der Waals surface area contributed by atoms with Crippen LogP contribution in [0.1, 0.15) is 36.8 Å². The molecule has 1 fully saturated rings. The highest BCUT2D eigenvalue weighted by molar-refractivity contribution is 6.09. The number of fused-ring (bicyclic) bond motifs is 4. The van der Waals surface area contributed by atoms with E-state index in [0.29, 0.717) is 0 Å². The first kappa shape index (κ1) is 26.7. The molecule has 46 heavy (non-hydrogen) atoms. The number of para-hydroxylation sites is 3. The zero-order valence-corrected chi connectivity index (χ0v) is 25.4. The van der Waals surface area contributed by atoms with E-state index in [4.69, 9.17) is 9.72 Å². The minimum atomic E-state index is 0.0115. The second-order valence-corrected chi connectivity index (χ2v) is 12.3. The third-order valence-corrected chi connectivity index (χ3v) is 9.74. The number of imidazole rings is 1. The third-order valence-electron chi connectivity index (χ3n) is 9.74. The lowest BCUT2D eigenvalue weighted by Crippen LogP contribution is -2.24. The molecule has 9 rings (SSSR count). The van der Waals surface area contributed by atoms with Crippen LogP contribution >= 0.6 is 0 Å². The molecule has 0 N–H and O–H groups in total. The molecule has 222 valence electrons. The smallest absolute Gasteiger partial charge is 0.137 e. The van der Waals surface area contributed by atoms with E-state index >= 15 is 0 Å². The largest absolute Gasteiger partial charge is 0.457 e. The molecule has 0 unspecified atom stereocenters. The average molecular weight is 597 g/mol. The summed E-state index contributed by atoms with van der Waals surface area (Å²) in [6, 6.07) is 46.8. The van der Waals surface area contributed by atoms with Crippen LogP contribution in [0.15, 0.2) is 146 Å². The molecule has 0 radical (unpaired) electrons. The standard InChI is InChI=1S/C41H32N4O/c1-2-11-29(12-3-1)41(22-8-9-23-41)30-21-24-42-40(25-30)45-37-17-6-4-15-34(37)35-20-19-33(27-39(35)45)46-32-14-10-13-31(26-32)44-28-43-36-16-5-7-18-38(36)44/h1-7,10-21,24-28H,8-9,22-23H2. The first-order valence-electron chi connectivity index (χ1n) is 16.0. The van der Waals surface area contributed by atoms with Gasteiger partial charge < -0.3 is 4.74 Å². The van der Waals surface area contributed by atoms with Crippen LogP contribution in [0.5, 0.6) is 11.5 Å². The minimum Gasteiger partial charge on any atom is -0.457 e. The van der Waals surface area contributed by atoms with E-state index in [1.165, 1.54) is 34.7 Å². The number of hydrogen-bond donors (Lipinski definition) is 0. The van der Waals surface area contributed by atoms with Crippen LogP contribution in [-0.2, 0) is 5.41 Å². The van der Waals surface area contributed by atoms with Crippen molar-refractivity contribution in [2.45, 2.75) is 31.1 Å². The third kappa shape index (κ3) is 4.31. The van der Waals surface area contributed by atoms with Crippen LogP contribution in [0.25, 0.3) is 44.3 Å². The van der Waals surface area contributed by atoms with Gasteiger partial charge in [-0.25, -0.2) is 9.97 Å². The number of ether oxygens (including phenoxy) is 1. The quantitative estimate of drug-likeness (QED) is 0.192. The van der Waals surface area contributed by atoms with Gasteiger partial charge in [0, 0.05) is 34.5 Å². The Hall–Kier alpha value is -5.68. The zero-order valence-electron chi connectivity index (χ0n) is 25.4. The molecule has 5 aromatic carbocycles. The zero-order chi connectivity index (χ0) is 30.5. The van der Waals surface area contributed by atoms with E-state index in [2.05, 4.69) is 117 Å². The fraction of sp³-hybridized carbons (Fsp3) is 0.122. The fourth-order valence-corrected chi connectivity index (χ4v) is 7.58. The van der Waals surface area contributed by atoms with E-state index in [1.54, 1.807) is 0 Å². The van der Waals surface area contributed by atoms with Gasteiger partial charge in [-0.05, 0) is 78.6 Å². The summed E-state index contributed by atoms with van der Waals surface area (Å²) in [7, 11) is 0. The topological polar surface area (TPSA) is 44.9 Å². The van der Waals surface area contributed by atoms with Gasteiger partial charge in [0.2, 0.25) is 0 Å². The number of benzene rings is 5. The molecule has 3 aromatic heterocycles. The summed E-state index contributed by atoms with van der Waals surface area (Å²) < 4.78 is 10.9. The van der Waals surface area contributed by atoms with Crippen molar-refractivity contribution in [1.82, 2.24) is 19.1 Å². The van der Waals surface area contributed by atoms with Crippen LogP contribution in [0.3, 0.4) is 0 Å². The lowest BCUT2D eigenvalue weighted by molar-refractivity contribution is 0.483. The number of nitrogens with zero attached hydrogens (tertiary/aromatic N) is 4. The van der Waals surface area contributed by atoms with Gasteiger partial charge in [0.25, 0.3) is 0 Å². The van der Waals surface area contributed by atoms with Crippen molar-refractivity contribution in [2.24, 2.45) is 0 Å². The van der Waals surface area contributed by atoms with Gasteiger partial charge in [0.15, 0.2) is 0 Å². The summed E-state index contributed by atoms with van der Waals surface area (Å²) in [6.07, 6.45) is 8.63. The summed E-state index contributed by atoms with van der Waals surface area (Å²) >= 11 is 0. The van der Waals surface area contributed by atoms with Crippen LogP contribution in [-0.4, -0.2) is 19.1 Å². The number of aromatic nitrogens is 4. The van der Waals surface area contributed by atoms with Crippen LogP contribution in [0, 0.1) is 0 Å². The fourth-order valence-electron chi connectivity index (χ4n) is 7.58.